The van der Waals surface area contributed by atoms with Crippen LogP contribution >= 0.6 is 0 Å². The van der Waals surface area contributed by atoms with Crippen LogP contribution < -0.4 is 9.80 Å². The number of rotatable bonds is 12. The second-order valence-electron chi connectivity index (χ2n) is 25.4. The average molecular weight is 1120 g/mol. The Hall–Kier alpha value is -9.12. The number of fused-ring (bicyclic) bond motifs is 8. The molecule has 16 rings (SSSR count). The van der Waals surface area contributed by atoms with Crippen LogP contribution in [0.5, 0.6) is 0 Å². The molecule has 0 bridgehead atoms. The van der Waals surface area contributed by atoms with Gasteiger partial charge < -0.3 is 18.9 Å². The molecule has 86 heavy (non-hydrogen) atoms. The molecule has 0 saturated heterocycles. The van der Waals surface area contributed by atoms with E-state index in [2.05, 4.69) is 267 Å². The Labute approximate surface area is 505 Å². The number of benzene rings is 12. The Bertz CT molecular complexity index is 5010. The van der Waals surface area contributed by atoms with Crippen LogP contribution in [0.4, 0.5) is 34.1 Å². The highest BCUT2D eigenvalue weighted by Crippen LogP contribution is 2.54. The van der Waals surface area contributed by atoms with Crippen molar-refractivity contribution in [2.75, 3.05) is 9.80 Å². The highest BCUT2D eigenvalue weighted by Gasteiger charge is 2.31. The summed E-state index contributed by atoms with van der Waals surface area (Å²) in [4.78, 5) is 5.41. The SMILES string of the molecule is CCc1cccc(-n2c3ccccc3c3ccc(N(c4cccc5c4CCCC5)c4cc(C(C)C)c5ccc6c(N(c7cccc8c7CCCC8)c7cccc8c7c7ccccc7n8-c7cccc(CC)c7)cc(C(C)C)c7ccc4c5c76)cc32)c1. The summed E-state index contributed by atoms with van der Waals surface area (Å²) in [5, 5.41) is 13.0. The second kappa shape index (κ2) is 20.8. The first-order valence-electron chi connectivity index (χ1n) is 32.1. The molecule has 0 N–H and O–H groups in total. The van der Waals surface area contributed by atoms with Gasteiger partial charge in [0, 0.05) is 60.8 Å². The lowest BCUT2D eigenvalue weighted by atomic mass is 9.83. The Morgan fingerprint density at radius 1 is 0.337 bits per heavy atom. The summed E-state index contributed by atoms with van der Waals surface area (Å²) in [6.07, 6.45) is 11.1. The van der Waals surface area contributed by atoms with Crippen molar-refractivity contribution in [3.05, 3.63) is 251 Å². The first-order chi connectivity index (χ1) is 42.3. The zero-order valence-corrected chi connectivity index (χ0v) is 50.6. The van der Waals surface area contributed by atoms with Crippen LogP contribution in [0.25, 0.3) is 87.3 Å². The van der Waals surface area contributed by atoms with E-state index in [-0.39, 0.29) is 11.8 Å². The van der Waals surface area contributed by atoms with E-state index in [1.165, 1.54) is 192 Å². The zero-order valence-electron chi connectivity index (χ0n) is 50.6. The van der Waals surface area contributed by atoms with E-state index in [0.29, 0.717) is 0 Å². The zero-order chi connectivity index (χ0) is 57.9. The largest absolute Gasteiger partial charge is 0.309 e. The number of nitrogens with zero attached hydrogens (tertiary/aromatic N) is 4. The first-order valence-corrected chi connectivity index (χ1v) is 32.1. The fraction of sp³-hybridized carbons (Fsp3) is 0.220. The minimum Gasteiger partial charge on any atom is -0.309 e. The van der Waals surface area contributed by atoms with Crippen molar-refractivity contribution >= 4 is 110 Å². The van der Waals surface area contributed by atoms with Gasteiger partial charge in [0.05, 0.1) is 39.1 Å². The standard InChI is InChI=1S/C82H74N4/c1-7-53-22-17-28-57(46-53)83-74-35-16-14-33-66(74)82-75(83)38-21-39-76(82)86(72-37-20-27-56-25-10-12-31-61(56)72)79-50-70(52(5)6)65-42-44-67-78(49-69(51(3)4)64-43-45-68(79)81(65)80(64)67)85(71-36-19-26-55-24-9-11-30-60(55)71)59-40-41-63-62-32-13-15-34-73(62)84(77(63)48-59)58-29-18-23-54(8-2)47-58/h13-23,26-29,32-52H,7-12,24-25,30-31H2,1-6H3. The first kappa shape index (κ1) is 52.4. The number of aryl methyl sites for hydroxylation is 4. The topological polar surface area (TPSA) is 16.3 Å². The quantitative estimate of drug-likeness (QED) is 0.113. The molecule has 0 fully saturated rings. The van der Waals surface area contributed by atoms with Crippen LogP contribution in [-0.4, -0.2) is 9.13 Å². The fourth-order valence-corrected chi connectivity index (χ4v) is 15.7. The van der Waals surface area contributed by atoms with Crippen molar-refractivity contribution in [2.45, 2.75) is 118 Å². The maximum atomic E-state index is 2.72. The van der Waals surface area contributed by atoms with Crippen molar-refractivity contribution in [3.63, 3.8) is 0 Å². The highest BCUT2D eigenvalue weighted by atomic mass is 15.2. The van der Waals surface area contributed by atoms with Crippen LogP contribution in [-0.2, 0) is 38.5 Å². The number of hydrogen-bond donors (Lipinski definition) is 0. The minimum absolute atomic E-state index is 0.251. The molecule has 4 heteroatoms. The molecule has 2 aromatic heterocycles. The fourth-order valence-electron chi connectivity index (χ4n) is 15.7. The lowest BCUT2D eigenvalue weighted by Crippen LogP contribution is -2.17. The lowest BCUT2D eigenvalue weighted by molar-refractivity contribution is 0.686. The molecule has 0 atom stereocenters. The predicted molar refractivity (Wildman–Crippen MR) is 368 cm³/mol. The maximum Gasteiger partial charge on any atom is 0.0562 e. The van der Waals surface area contributed by atoms with Crippen molar-refractivity contribution in [2.24, 2.45) is 0 Å². The molecule has 0 radical (unpaired) electrons. The van der Waals surface area contributed by atoms with Gasteiger partial charge in [-0.1, -0.05) is 163 Å². The average Bonchev–Trinajstić information content (AvgIpc) is 0.872. The summed E-state index contributed by atoms with van der Waals surface area (Å²) in [6, 6.07) is 80.3. The second-order valence-corrected chi connectivity index (χ2v) is 25.4. The summed E-state index contributed by atoms with van der Waals surface area (Å²) in [5.74, 6) is 0.506. The Kier molecular flexibility index (Phi) is 12.7. The number of aromatic nitrogens is 2. The third-order valence-electron chi connectivity index (χ3n) is 19.9. The molecule has 0 unspecified atom stereocenters. The van der Waals surface area contributed by atoms with Crippen LogP contribution in [0.15, 0.2) is 206 Å². The number of para-hydroxylation sites is 2. The Balaban J connectivity index is 1.01. The Morgan fingerprint density at radius 3 is 1.38 bits per heavy atom. The van der Waals surface area contributed by atoms with E-state index in [1.54, 1.807) is 0 Å². The molecule has 0 spiro atoms. The van der Waals surface area contributed by atoms with Gasteiger partial charge in [-0.05, 0) is 227 Å². The van der Waals surface area contributed by atoms with Crippen molar-refractivity contribution < 1.29 is 0 Å². The van der Waals surface area contributed by atoms with E-state index >= 15 is 0 Å². The summed E-state index contributed by atoms with van der Waals surface area (Å²) in [6.45, 7) is 14.1. The van der Waals surface area contributed by atoms with Gasteiger partial charge in [0.15, 0.2) is 0 Å². The molecule has 0 aliphatic heterocycles. The molecule has 12 aromatic carbocycles. The van der Waals surface area contributed by atoms with E-state index in [9.17, 15) is 0 Å². The lowest BCUT2D eigenvalue weighted by Gasteiger charge is -2.34. The Morgan fingerprint density at radius 2 is 0.791 bits per heavy atom. The van der Waals surface area contributed by atoms with Gasteiger partial charge in [0.25, 0.3) is 0 Å². The van der Waals surface area contributed by atoms with Gasteiger partial charge in [-0.2, -0.15) is 0 Å². The van der Waals surface area contributed by atoms with E-state index in [1.807, 2.05) is 0 Å². The van der Waals surface area contributed by atoms with E-state index in [4.69, 9.17) is 0 Å². The molecule has 0 saturated carbocycles. The number of anilines is 6. The van der Waals surface area contributed by atoms with Crippen molar-refractivity contribution in [3.8, 4) is 11.4 Å². The molecule has 4 nitrogen and oxygen atoms in total. The van der Waals surface area contributed by atoms with Crippen LogP contribution in [0.2, 0.25) is 0 Å². The number of hydrogen-bond acceptors (Lipinski definition) is 2. The van der Waals surface area contributed by atoms with Gasteiger partial charge in [0.2, 0.25) is 0 Å². The van der Waals surface area contributed by atoms with Gasteiger partial charge >= 0.3 is 0 Å². The highest BCUT2D eigenvalue weighted by molar-refractivity contribution is 6.30. The molecule has 14 aromatic rings. The van der Waals surface area contributed by atoms with Crippen molar-refractivity contribution in [1.82, 2.24) is 9.13 Å². The predicted octanol–water partition coefficient (Wildman–Crippen LogP) is 22.8. The van der Waals surface area contributed by atoms with Gasteiger partial charge in [-0.25, -0.2) is 0 Å². The summed E-state index contributed by atoms with van der Waals surface area (Å²) >= 11 is 0. The smallest absolute Gasteiger partial charge is 0.0562 e. The third kappa shape index (κ3) is 8.15. The van der Waals surface area contributed by atoms with Gasteiger partial charge in [0.1, 0.15) is 0 Å². The molecule has 2 heterocycles. The van der Waals surface area contributed by atoms with Crippen molar-refractivity contribution in [1.29, 1.82) is 0 Å². The van der Waals surface area contributed by atoms with E-state index in [0.717, 1.165) is 38.5 Å². The minimum atomic E-state index is 0.251. The molecular weight excluding hydrogens is 1040 g/mol. The molecule has 422 valence electrons. The normalized spacial score (nSPS) is 13.6. The van der Waals surface area contributed by atoms with Crippen LogP contribution in [0.1, 0.15) is 124 Å². The third-order valence-corrected chi connectivity index (χ3v) is 19.9. The summed E-state index contributed by atoms with van der Waals surface area (Å²) in [7, 11) is 0. The van der Waals surface area contributed by atoms with E-state index < -0.39 is 0 Å². The van der Waals surface area contributed by atoms with Crippen LogP contribution in [0, 0.1) is 0 Å². The summed E-state index contributed by atoms with van der Waals surface area (Å²) < 4.78 is 5.03. The monoisotopic (exact) mass is 1110 g/mol. The molecule has 2 aliphatic carbocycles. The maximum absolute atomic E-state index is 2.72. The van der Waals surface area contributed by atoms with Gasteiger partial charge in [-0.3, -0.25) is 0 Å². The molecule has 2 aliphatic rings. The van der Waals surface area contributed by atoms with Crippen LogP contribution in [0.3, 0.4) is 0 Å². The summed E-state index contributed by atoms with van der Waals surface area (Å²) in [5.41, 5.74) is 26.1. The molecule has 0 amide bonds. The molecular formula is C82H74N4. The van der Waals surface area contributed by atoms with Gasteiger partial charge in [-0.15, -0.1) is 0 Å².